The molecule has 2 aromatic heterocycles. The minimum absolute atomic E-state index is 0.0769. The van der Waals surface area contributed by atoms with Crippen LogP contribution in [0.25, 0.3) is 0 Å². The topological polar surface area (TPSA) is 74.8 Å². The van der Waals surface area contributed by atoms with Crippen LogP contribution in [0.3, 0.4) is 0 Å². The SMILES string of the molecule is Cc1n[nH]c(C)c1CC(=O)N1CCC[C@@H]1c1ccncn1. The van der Waals surface area contributed by atoms with E-state index < -0.39 is 0 Å². The fourth-order valence-corrected chi connectivity index (χ4v) is 2.96. The summed E-state index contributed by atoms with van der Waals surface area (Å²) in [5.41, 5.74) is 3.81. The van der Waals surface area contributed by atoms with Crippen molar-refractivity contribution >= 4 is 5.91 Å². The van der Waals surface area contributed by atoms with Gasteiger partial charge in [0, 0.05) is 24.0 Å². The molecule has 21 heavy (non-hydrogen) atoms. The van der Waals surface area contributed by atoms with Crippen LogP contribution in [0.1, 0.15) is 41.5 Å². The van der Waals surface area contributed by atoms with E-state index >= 15 is 0 Å². The number of carbonyl (C=O) groups excluding carboxylic acids is 1. The lowest BCUT2D eigenvalue weighted by molar-refractivity contribution is -0.131. The van der Waals surface area contributed by atoms with Crippen molar-refractivity contribution in [3.63, 3.8) is 0 Å². The Hall–Kier alpha value is -2.24. The highest BCUT2D eigenvalue weighted by Gasteiger charge is 2.31. The molecule has 1 aliphatic rings. The average Bonchev–Trinajstić information content (AvgIpc) is 3.10. The third-order valence-electron chi connectivity index (χ3n) is 4.13. The summed E-state index contributed by atoms with van der Waals surface area (Å²) < 4.78 is 0. The first-order valence-corrected chi connectivity index (χ1v) is 7.22. The number of nitrogens with zero attached hydrogens (tertiary/aromatic N) is 4. The Balaban J connectivity index is 1.78. The van der Waals surface area contributed by atoms with E-state index in [4.69, 9.17) is 0 Å². The van der Waals surface area contributed by atoms with E-state index in [1.54, 1.807) is 12.5 Å². The second-order valence-corrected chi connectivity index (χ2v) is 5.47. The molecular formula is C15H19N5O. The quantitative estimate of drug-likeness (QED) is 0.931. The van der Waals surface area contributed by atoms with Crippen molar-refractivity contribution in [2.75, 3.05) is 6.54 Å². The summed E-state index contributed by atoms with van der Waals surface area (Å²) in [6.45, 7) is 4.68. The molecule has 1 saturated heterocycles. The van der Waals surface area contributed by atoms with Crippen molar-refractivity contribution in [2.45, 2.75) is 39.2 Å². The fraction of sp³-hybridized carbons (Fsp3) is 0.467. The molecule has 0 spiro atoms. The zero-order chi connectivity index (χ0) is 14.8. The molecule has 2 aromatic rings. The molecule has 3 rings (SSSR count). The third-order valence-corrected chi connectivity index (χ3v) is 4.13. The number of rotatable bonds is 3. The number of H-pyrrole nitrogens is 1. The fourth-order valence-electron chi connectivity index (χ4n) is 2.96. The number of hydrogen-bond acceptors (Lipinski definition) is 4. The number of aromatic amines is 1. The Bertz CT molecular complexity index is 617. The molecule has 110 valence electrons. The first-order chi connectivity index (χ1) is 10.2. The summed E-state index contributed by atoms with van der Waals surface area (Å²) in [5, 5.41) is 7.09. The Labute approximate surface area is 123 Å². The van der Waals surface area contributed by atoms with Gasteiger partial charge in [-0.1, -0.05) is 0 Å². The normalized spacial score (nSPS) is 18.2. The lowest BCUT2D eigenvalue weighted by atomic mass is 10.1. The van der Waals surface area contributed by atoms with E-state index in [9.17, 15) is 4.79 Å². The molecule has 1 fully saturated rings. The average molecular weight is 285 g/mol. The molecule has 0 aromatic carbocycles. The van der Waals surface area contributed by atoms with Gasteiger partial charge in [-0.05, 0) is 32.8 Å². The van der Waals surface area contributed by atoms with Gasteiger partial charge in [0.1, 0.15) is 6.33 Å². The highest BCUT2D eigenvalue weighted by atomic mass is 16.2. The first kappa shape index (κ1) is 13.7. The van der Waals surface area contributed by atoms with Gasteiger partial charge in [0.05, 0.1) is 23.9 Å². The van der Waals surface area contributed by atoms with Crippen LogP contribution in [0, 0.1) is 13.8 Å². The van der Waals surface area contributed by atoms with Crippen LogP contribution < -0.4 is 0 Å². The van der Waals surface area contributed by atoms with E-state index in [0.717, 1.165) is 42.0 Å². The van der Waals surface area contributed by atoms with Gasteiger partial charge in [-0.3, -0.25) is 9.89 Å². The summed E-state index contributed by atoms with van der Waals surface area (Å²) in [6, 6.07) is 1.97. The minimum Gasteiger partial charge on any atom is -0.334 e. The Morgan fingerprint density at radius 2 is 2.33 bits per heavy atom. The number of likely N-dealkylation sites (tertiary alicyclic amines) is 1. The molecule has 0 bridgehead atoms. The minimum atomic E-state index is 0.0769. The van der Waals surface area contributed by atoms with Crippen molar-refractivity contribution < 1.29 is 4.79 Å². The zero-order valence-corrected chi connectivity index (χ0v) is 12.3. The molecule has 0 saturated carbocycles. The van der Waals surface area contributed by atoms with Gasteiger partial charge < -0.3 is 4.90 Å². The van der Waals surface area contributed by atoms with Crippen LogP contribution in [-0.4, -0.2) is 37.5 Å². The van der Waals surface area contributed by atoms with E-state index in [0.29, 0.717) is 6.42 Å². The molecule has 1 aliphatic heterocycles. The lowest BCUT2D eigenvalue weighted by Crippen LogP contribution is -2.32. The molecule has 1 amide bonds. The monoisotopic (exact) mass is 285 g/mol. The van der Waals surface area contributed by atoms with E-state index in [-0.39, 0.29) is 11.9 Å². The van der Waals surface area contributed by atoms with Gasteiger partial charge in [-0.2, -0.15) is 5.10 Å². The van der Waals surface area contributed by atoms with Crippen LogP contribution >= 0.6 is 0 Å². The van der Waals surface area contributed by atoms with E-state index in [1.807, 2.05) is 24.8 Å². The molecular weight excluding hydrogens is 266 g/mol. The second-order valence-electron chi connectivity index (χ2n) is 5.47. The van der Waals surface area contributed by atoms with E-state index in [2.05, 4.69) is 20.2 Å². The highest BCUT2D eigenvalue weighted by Crippen LogP contribution is 2.31. The van der Waals surface area contributed by atoms with Gasteiger partial charge in [0.15, 0.2) is 0 Å². The van der Waals surface area contributed by atoms with Crippen LogP contribution in [0.4, 0.5) is 0 Å². The van der Waals surface area contributed by atoms with Gasteiger partial charge in [0.25, 0.3) is 0 Å². The number of hydrogen-bond donors (Lipinski definition) is 1. The highest BCUT2D eigenvalue weighted by molar-refractivity contribution is 5.80. The van der Waals surface area contributed by atoms with Crippen molar-refractivity contribution in [1.82, 2.24) is 25.1 Å². The second kappa shape index (κ2) is 5.63. The van der Waals surface area contributed by atoms with E-state index in [1.165, 1.54) is 0 Å². The molecule has 1 atom stereocenters. The maximum Gasteiger partial charge on any atom is 0.227 e. The van der Waals surface area contributed by atoms with Crippen molar-refractivity contribution in [1.29, 1.82) is 0 Å². The number of nitrogens with one attached hydrogen (secondary N) is 1. The standard InChI is InChI=1S/C15H19N5O/c1-10-12(11(2)19-18-10)8-15(21)20-7-3-4-14(20)13-5-6-16-9-17-13/h5-6,9,14H,3-4,7-8H2,1-2H3,(H,18,19)/t14-/m1/s1. The largest absolute Gasteiger partial charge is 0.334 e. The molecule has 0 unspecified atom stereocenters. The predicted octanol–water partition coefficient (Wildman–Crippen LogP) is 1.72. The van der Waals surface area contributed by atoms with Gasteiger partial charge in [0.2, 0.25) is 5.91 Å². The Morgan fingerprint density at radius 1 is 1.48 bits per heavy atom. The molecule has 6 heteroatoms. The Morgan fingerprint density at radius 3 is 3.00 bits per heavy atom. The summed E-state index contributed by atoms with van der Waals surface area (Å²) in [7, 11) is 0. The molecule has 0 aliphatic carbocycles. The number of carbonyl (C=O) groups is 1. The predicted molar refractivity (Wildman–Crippen MR) is 77.5 cm³/mol. The lowest BCUT2D eigenvalue weighted by Gasteiger charge is -2.24. The summed E-state index contributed by atoms with van der Waals surface area (Å²) >= 11 is 0. The maximum atomic E-state index is 12.6. The molecule has 3 heterocycles. The van der Waals surface area contributed by atoms with Crippen LogP contribution in [0.5, 0.6) is 0 Å². The van der Waals surface area contributed by atoms with Crippen molar-refractivity contribution in [3.05, 3.63) is 41.2 Å². The summed E-state index contributed by atoms with van der Waals surface area (Å²) in [6.07, 6.45) is 5.65. The van der Waals surface area contributed by atoms with Crippen LogP contribution in [-0.2, 0) is 11.2 Å². The molecule has 6 nitrogen and oxygen atoms in total. The molecule has 1 N–H and O–H groups in total. The summed E-state index contributed by atoms with van der Waals surface area (Å²) in [5.74, 6) is 0.142. The van der Waals surface area contributed by atoms with Crippen LogP contribution in [0.2, 0.25) is 0 Å². The van der Waals surface area contributed by atoms with Crippen LogP contribution in [0.15, 0.2) is 18.6 Å². The smallest absolute Gasteiger partial charge is 0.227 e. The van der Waals surface area contributed by atoms with Crippen molar-refractivity contribution in [2.24, 2.45) is 0 Å². The van der Waals surface area contributed by atoms with Crippen molar-refractivity contribution in [3.8, 4) is 0 Å². The van der Waals surface area contributed by atoms with Gasteiger partial charge in [-0.25, -0.2) is 9.97 Å². The zero-order valence-electron chi connectivity index (χ0n) is 12.3. The number of aryl methyl sites for hydroxylation is 2. The van der Waals surface area contributed by atoms with Gasteiger partial charge in [-0.15, -0.1) is 0 Å². The maximum absolute atomic E-state index is 12.6. The summed E-state index contributed by atoms with van der Waals surface area (Å²) in [4.78, 5) is 22.8. The number of amides is 1. The first-order valence-electron chi connectivity index (χ1n) is 7.22. The number of aromatic nitrogens is 4. The Kier molecular flexibility index (Phi) is 3.68. The third kappa shape index (κ3) is 2.66. The molecule has 0 radical (unpaired) electrons. The van der Waals surface area contributed by atoms with Gasteiger partial charge >= 0.3 is 0 Å².